The van der Waals surface area contributed by atoms with Crippen molar-refractivity contribution in [1.82, 2.24) is 20.5 Å². The predicted molar refractivity (Wildman–Crippen MR) is 68.3 cm³/mol. The van der Waals surface area contributed by atoms with E-state index in [9.17, 15) is 4.79 Å². The molecule has 2 N–H and O–H groups in total. The van der Waals surface area contributed by atoms with Gasteiger partial charge in [-0.25, -0.2) is 4.98 Å². The van der Waals surface area contributed by atoms with Gasteiger partial charge in [0, 0.05) is 7.05 Å². The minimum absolute atomic E-state index is 0.141. The Morgan fingerprint density at radius 1 is 1.32 bits per heavy atom. The number of ether oxygens (including phenoxy) is 2. The van der Waals surface area contributed by atoms with Crippen LogP contribution in [-0.2, 0) is 0 Å². The molecule has 0 aliphatic carbocycles. The normalized spacial score (nSPS) is 10.1. The molecule has 0 spiro atoms. The quantitative estimate of drug-likeness (QED) is 0.852. The first-order valence-corrected chi connectivity index (χ1v) is 5.56. The van der Waals surface area contributed by atoms with Crippen molar-refractivity contribution in [3.8, 4) is 22.9 Å². The van der Waals surface area contributed by atoms with Crippen LogP contribution >= 0.6 is 0 Å². The van der Waals surface area contributed by atoms with E-state index in [2.05, 4.69) is 20.5 Å². The molecule has 2 aromatic rings. The topological polar surface area (TPSA) is 89.1 Å². The van der Waals surface area contributed by atoms with Gasteiger partial charge in [-0.3, -0.25) is 9.89 Å². The largest absolute Gasteiger partial charge is 0.497 e. The number of carbonyl (C=O) groups is 1. The molecule has 1 heterocycles. The van der Waals surface area contributed by atoms with E-state index in [1.165, 1.54) is 7.05 Å². The highest BCUT2D eigenvalue weighted by Crippen LogP contribution is 2.31. The van der Waals surface area contributed by atoms with Crippen molar-refractivity contribution in [2.75, 3.05) is 21.3 Å². The summed E-state index contributed by atoms with van der Waals surface area (Å²) in [5, 5.41) is 9.05. The molecular formula is C12H14N4O3. The fourth-order valence-electron chi connectivity index (χ4n) is 1.59. The molecule has 0 aliphatic heterocycles. The second-order valence-corrected chi connectivity index (χ2v) is 3.65. The van der Waals surface area contributed by atoms with E-state index in [1.54, 1.807) is 32.4 Å². The fourth-order valence-corrected chi connectivity index (χ4v) is 1.59. The molecule has 2 rings (SSSR count). The van der Waals surface area contributed by atoms with Gasteiger partial charge in [0.15, 0.2) is 5.82 Å². The lowest BCUT2D eigenvalue weighted by Crippen LogP contribution is -2.19. The van der Waals surface area contributed by atoms with Gasteiger partial charge in [0.25, 0.3) is 5.91 Å². The molecule has 0 aliphatic rings. The number of nitrogens with zero attached hydrogens (tertiary/aromatic N) is 2. The lowest BCUT2D eigenvalue weighted by atomic mass is 10.2. The van der Waals surface area contributed by atoms with E-state index in [4.69, 9.17) is 9.47 Å². The number of benzene rings is 1. The SMILES string of the molecule is CNC(=O)c1nc(-c2cc(OC)ccc2OC)n[nH]1. The number of aromatic nitrogens is 3. The van der Waals surface area contributed by atoms with E-state index in [0.29, 0.717) is 22.9 Å². The van der Waals surface area contributed by atoms with Crippen LogP contribution in [0, 0.1) is 0 Å². The third-order valence-electron chi connectivity index (χ3n) is 2.58. The number of carbonyl (C=O) groups excluding carboxylic acids is 1. The van der Waals surface area contributed by atoms with Crippen LogP contribution in [-0.4, -0.2) is 42.4 Å². The summed E-state index contributed by atoms with van der Waals surface area (Å²) < 4.78 is 10.4. The van der Waals surface area contributed by atoms with Crippen LogP contribution in [0.4, 0.5) is 0 Å². The number of nitrogens with one attached hydrogen (secondary N) is 2. The number of rotatable bonds is 4. The first-order chi connectivity index (χ1) is 9.19. The number of H-pyrrole nitrogens is 1. The zero-order valence-corrected chi connectivity index (χ0v) is 10.9. The third kappa shape index (κ3) is 2.49. The van der Waals surface area contributed by atoms with Gasteiger partial charge in [0.1, 0.15) is 11.5 Å². The van der Waals surface area contributed by atoms with Crippen molar-refractivity contribution in [2.24, 2.45) is 0 Å². The number of methoxy groups -OCH3 is 2. The van der Waals surface area contributed by atoms with Crippen molar-refractivity contribution in [3.05, 3.63) is 24.0 Å². The molecule has 1 aromatic heterocycles. The van der Waals surface area contributed by atoms with Crippen molar-refractivity contribution in [1.29, 1.82) is 0 Å². The van der Waals surface area contributed by atoms with Crippen molar-refractivity contribution in [3.63, 3.8) is 0 Å². The van der Waals surface area contributed by atoms with Gasteiger partial charge in [0.05, 0.1) is 19.8 Å². The summed E-state index contributed by atoms with van der Waals surface area (Å²) in [5.74, 6) is 1.43. The maximum atomic E-state index is 11.4. The number of aromatic amines is 1. The van der Waals surface area contributed by atoms with Crippen molar-refractivity contribution >= 4 is 5.91 Å². The molecule has 0 radical (unpaired) electrons. The zero-order valence-electron chi connectivity index (χ0n) is 10.9. The zero-order chi connectivity index (χ0) is 13.8. The minimum atomic E-state index is -0.333. The van der Waals surface area contributed by atoms with E-state index in [-0.39, 0.29) is 11.7 Å². The third-order valence-corrected chi connectivity index (χ3v) is 2.58. The summed E-state index contributed by atoms with van der Waals surface area (Å²) in [5.41, 5.74) is 0.647. The Hall–Kier alpha value is -2.57. The first kappa shape index (κ1) is 12.9. The molecule has 0 bridgehead atoms. The second-order valence-electron chi connectivity index (χ2n) is 3.65. The molecule has 1 amide bonds. The van der Waals surface area contributed by atoms with Gasteiger partial charge < -0.3 is 14.8 Å². The summed E-state index contributed by atoms with van der Waals surface area (Å²) >= 11 is 0. The Kier molecular flexibility index (Phi) is 3.65. The van der Waals surface area contributed by atoms with E-state index in [1.807, 2.05) is 0 Å². The monoisotopic (exact) mass is 262 g/mol. The van der Waals surface area contributed by atoms with Crippen LogP contribution in [0.25, 0.3) is 11.4 Å². The lowest BCUT2D eigenvalue weighted by molar-refractivity contribution is 0.0953. The van der Waals surface area contributed by atoms with E-state index >= 15 is 0 Å². The standard InChI is InChI=1S/C12H14N4O3/c1-13-12(17)11-14-10(15-16-11)8-6-7(18-2)4-5-9(8)19-3/h4-6H,1-3H3,(H,13,17)(H,14,15,16). The summed E-state index contributed by atoms with van der Waals surface area (Å²) in [6.45, 7) is 0. The molecular weight excluding hydrogens is 248 g/mol. The molecule has 0 saturated carbocycles. The van der Waals surface area contributed by atoms with Gasteiger partial charge in [-0.1, -0.05) is 0 Å². The average Bonchev–Trinajstić information content (AvgIpc) is 2.95. The Balaban J connectivity index is 2.45. The number of hydrogen-bond acceptors (Lipinski definition) is 5. The van der Waals surface area contributed by atoms with Crippen LogP contribution in [0.3, 0.4) is 0 Å². The van der Waals surface area contributed by atoms with Crippen LogP contribution in [0.15, 0.2) is 18.2 Å². The number of amides is 1. The van der Waals surface area contributed by atoms with Crippen molar-refractivity contribution in [2.45, 2.75) is 0 Å². The summed E-state index contributed by atoms with van der Waals surface area (Å²) in [6.07, 6.45) is 0. The van der Waals surface area contributed by atoms with Gasteiger partial charge in [-0.2, -0.15) is 5.10 Å². The summed E-state index contributed by atoms with van der Waals surface area (Å²) in [4.78, 5) is 15.6. The number of hydrogen-bond donors (Lipinski definition) is 2. The Morgan fingerprint density at radius 3 is 2.74 bits per heavy atom. The molecule has 7 heteroatoms. The molecule has 7 nitrogen and oxygen atoms in total. The maximum Gasteiger partial charge on any atom is 0.288 e. The highest BCUT2D eigenvalue weighted by atomic mass is 16.5. The molecule has 0 saturated heterocycles. The molecule has 0 atom stereocenters. The summed E-state index contributed by atoms with van der Waals surface area (Å²) in [6, 6.07) is 5.27. The van der Waals surface area contributed by atoms with Gasteiger partial charge >= 0.3 is 0 Å². The smallest absolute Gasteiger partial charge is 0.288 e. The van der Waals surface area contributed by atoms with E-state index in [0.717, 1.165) is 0 Å². The second kappa shape index (κ2) is 5.38. The van der Waals surface area contributed by atoms with Crippen LogP contribution in [0.2, 0.25) is 0 Å². The molecule has 100 valence electrons. The lowest BCUT2D eigenvalue weighted by Gasteiger charge is -2.07. The average molecular weight is 262 g/mol. The van der Waals surface area contributed by atoms with Crippen LogP contribution < -0.4 is 14.8 Å². The molecule has 1 aromatic carbocycles. The van der Waals surface area contributed by atoms with Crippen molar-refractivity contribution < 1.29 is 14.3 Å². The highest BCUT2D eigenvalue weighted by Gasteiger charge is 2.15. The minimum Gasteiger partial charge on any atom is -0.497 e. The molecule has 0 fully saturated rings. The Labute approximate surface area is 110 Å². The molecule has 0 unspecified atom stereocenters. The first-order valence-electron chi connectivity index (χ1n) is 5.56. The Bertz CT molecular complexity index is 594. The van der Waals surface area contributed by atoms with Gasteiger partial charge in [-0.15, -0.1) is 0 Å². The van der Waals surface area contributed by atoms with Gasteiger partial charge in [-0.05, 0) is 18.2 Å². The highest BCUT2D eigenvalue weighted by molar-refractivity contribution is 5.90. The van der Waals surface area contributed by atoms with Gasteiger partial charge in [0.2, 0.25) is 5.82 Å². The fraction of sp³-hybridized carbons (Fsp3) is 0.250. The van der Waals surface area contributed by atoms with Crippen LogP contribution in [0.5, 0.6) is 11.5 Å². The Morgan fingerprint density at radius 2 is 2.11 bits per heavy atom. The summed E-state index contributed by atoms with van der Waals surface area (Å²) in [7, 11) is 4.65. The van der Waals surface area contributed by atoms with Crippen LogP contribution in [0.1, 0.15) is 10.6 Å². The van der Waals surface area contributed by atoms with E-state index < -0.39 is 0 Å². The predicted octanol–water partition coefficient (Wildman–Crippen LogP) is 0.848. The maximum absolute atomic E-state index is 11.4. The molecule has 19 heavy (non-hydrogen) atoms.